The van der Waals surface area contributed by atoms with Crippen molar-refractivity contribution in [1.29, 1.82) is 0 Å². The lowest BCUT2D eigenvalue weighted by Gasteiger charge is -2.30. The first-order valence-corrected chi connectivity index (χ1v) is 10.8. The van der Waals surface area contributed by atoms with Gasteiger partial charge in [-0.25, -0.2) is 0 Å². The highest BCUT2D eigenvalue weighted by Gasteiger charge is 2.40. The molecule has 1 aliphatic carbocycles. The molecule has 1 fully saturated rings. The average molecular weight is 445 g/mol. The van der Waals surface area contributed by atoms with Gasteiger partial charge in [0.05, 0.1) is 24.3 Å². The number of alkyl halides is 2. The minimum absolute atomic E-state index is 0.0685. The number of anilines is 2. The van der Waals surface area contributed by atoms with Crippen LogP contribution in [0.2, 0.25) is 0 Å². The molecule has 0 bridgehead atoms. The second kappa shape index (κ2) is 7.75. The number of ether oxygens (including phenoxy) is 1. The van der Waals surface area contributed by atoms with E-state index in [9.17, 15) is 18.4 Å². The monoisotopic (exact) mass is 445 g/mol. The second-order valence-corrected chi connectivity index (χ2v) is 8.71. The minimum atomic E-state index is -3.01. The minimum Gasteiger partial charge on any atom is -0.434 e. The Labute approximate surface area is 184 Å². The molecule has 0 unspecified atom stereocenters. The van der Waals surface area contributed by atoms with Crippen molar-refractivity contribution in [2.45, 2.75) is 59.0 Å². The molecule has 1 N–H and O–H groups in total. The Morgan fingerprint density at radius 1 is 1.22 bits per heavy atom. The fourth-order valence-electron chi connectivity index (χ4n) is 4.69. The molecule has 170 valence electrons. The molecule has 1 aromatic heterocycles. The van der Waals surface area contributed by atoms with E-state index in [1.54, 1.807) is 11.0 Å². The van der Waals surface area contributed by atoms with Crippen molar-refractivity contribution in [3.8, 4) is 5.75 Å². The predicted octanol–water partition coefficient (Wildman–Crippen LogP) is 3.22. The quantitative estimate of drug-likeness (QED) is 0.739. The Kier molecular flexibility index (Phi) is 5.02. The van der Waals surface area contributed by atoms with E-state index in [0.717, 1.165) is 24.2 Å². The smallest absolute Gasteiger partial charge is 0.387 e. The van der Waals surface area contributed by atoms with Crippen molar-refractivity contribution >= 4 is 23.3 Å². The number of halogens is 2. The molecule has 8 nitrogen and oxygen atoms in total. The summed E-state index contributed by atoms with van der Waals surface area (Å²) in [6, 6.07) is 5.33. The number of nitrogens with one attached hydrogen (secondary N) is 1. The van der Waals surface area contributed by atoms with Gasteiger partial charge in [-0.15, -0.1) is 0 Å². The SMILES string of the molecule is CC(=O)Nc1cc2n(n1)CCN(c1cc3c(c(OC(F)F)c1)C(=O)N([C@@H](C)C1CC1)C3)C2. The van der Waals surface area contributed by atoms with Crippen molar-refractivity contribution in [2.75, 3.05) is 16.8 Å². The molecule has 1 atom stereocenters. The van der Waals surface area contributed by atoms with Crippen molar-refractivity contribution in [2.24, 2.45) is 5.92 Å². The summed E-state index contributed by atoms with van der Waals surface area (Å²) < 4.78 is 33.0. The third-order valence-corrected chi connectivity index (χ3v) is 6.46. The van der Waals surface area contributed by atoms with Crippen LogP contribution in [0.5, 0.6) is 5.75 Å². The third kappa shape index (κ3) is 3.78. The predicted molar refractivity (Wildman–Crippen MR) is 113 cm³/mol. The Bertz CT molecular complexity index is 1080. The first-order chi connectivity index (χ1) is 15.3. The molecular formula is C22H25F2N5O3. The number of benzene rings is 1. The Morgan fingerprint density at radius 2 is 2.00 bits per heavy atom. The molecule has 0 radical (unpaired) electrons. The molecule has 3 aliphatic rings. The van der Waals surface area contributed by atoms with Crippen LogP contribution in [0.3, 0.4) is 0 Å². The zero-order chi connectivity index (χ0) is 22.6. The van der Waals surface area contributed by atoms with Crippen LogP contribution in [0.25, 0.3) is 0 Å². The number of carbonyl (C=O) groups excluding carboxylic acids is 2. The zero-order valence-electron chi connectivity index (χ0n) is 18.0. The van der Waals surface area contributed by atoms with Crippen LogP contribution in [-0.2, 0) is 24.4 Å². The molecule has 32 heavy (non-hydrogen) atoms. The first kappa shape index (κ1) is 20.7. The fraction of sp³-hybridized carbons (Fsp3) is 0.500. The molecule has 5 rings (SSSR count). The van der Waals surface area contributed by atoms with Gasteiger partial charge in [-0.05, 0) is 37.3 Å². The standard InChI is InChI=1S/C22H25F2N5O3/c1-12(14-3-4-14)28-10-15-7-16(8-18(32-22(23)24)20(15)21(28)31)27-5-6-29-17(11-27)9-19(26-29)25-13(2)30/h7-9,12,14,22H,3-6,10-11H2,1-2H3,(H,25,26,30)/t12-/m0/s1. The van der Waals surface area contributed by atoms with Gasteiger partial charge in [-0.3, -0.25) is 14.3 Å². The summed E-state index contributed by atoms with van der Waals surface area (Å²) in [6.45, 7) is 2.52. The van der Waals surface area contributed by atoms with Crippen LogP contribution in [0.4, 0.5) is 20.3 Å². The maximum atomic E-state index is 13.2. The summed E-state index contributed by atoms with van der Waals surface area (Å²) in [4.78, 5) is 28.2. The van der Waals surface area contributed by atoms with E-state index in [4.69, 9.17) is 4.74 Å². The largest absolute Gasteiger partial charge is 0.434 e. The third-order valence-electron chi connectivity index (χ3n) is 6.46. The zero-order valence-corrected chi connectivity index (χ0v) is 18.0. The van der Waals surface area contributed by atoms with Gasteiger partial charge in [-0.2, -0.15) is 13.9 Å². The number of rotatable bonds is 6. The maximum Gasteiger partial charge on any atom is 0.387 e. The summed E-state index contributed by atoms with van der Waals surface area (Å²) >= 11 is 0. The highest BCUT2D eigenvalue weighted by Crippen LogP contribution is 2.42. The summed E-state index contributed by atoms with van der Waals surface area (Å²) in [7, 11) is 0. The first-order valence-electron chi connectivity index (χ1n) is 10.8. The van der Waals surface area contributed by atoms with Gasteiger partial charge in [0.15, 0.2) is 5.82 Å². The molecular weight excluding hydrogens is 420 g/mol. The maximum absolute atomic E-state index is 13.2. The molecule has 1 saturated carbocycles. The summed E-state index contributed by atoms with van der Waals surface area (Å²) in [6.07, 6.45) is 2.18. The van der Waals surface area contributed by atoms with Gasteiger partial charge in [-0.1, -0.05) is 0 Å². The van der Waals surface area contributed by atoms with E-state index in [1.165, 1.54) is 13.0 Å². The van der Waals surface area contributed by atoms with Gasteiger partial charge in [0.25, 0.3) is 5.91 Å². The number of amides is 2. The van der Waals surface area contributed by atoms with Gasteiger partial charge in [0.2, 0.25) is 5.91 Å². The van der Waals surface area contributed by atoms with Crippen LogP contribution in [0.15, 0.2) is 18.2 Å². The Balaban J connectivity index is 1.44. The van der Waals surface area contributed by atoms with E-state index >= 15 is 0 Å². The van der Waals surface area contributed by atoms with Crippen LogP contribution in [0.1, 0.15) is 48.3 Å². The van der Waals surface area contributed by atoms with Gasteiger partial charge in [0.1, 0.15) is 5.75 Å². The lowest BCUT2D eigenvalue weighted by atomic mass is 10.1. The van der Waals surface area contributed by atoms with E-state index in [1.807, 2.05) is 22.6 Å². The normalized spacial score (nSPS) is 18.6. The molecule has 3 heterocycles. The highest BCUT2D eigenvalue weighted by atomic mass is 19.3. The number of hydrogen-bond donors (Lipinski definition) is 1. The van der Waals surface area contributed by atoms with Gasteiger partial charge < -0.3 is 19.9 Å². The topological polar surface area (TPSA) is 79.7 Å². The Hall–Kier alpha value is -3.17. The molecule has 2 aliphatic heterocycles. The van der Waals surface area contributed by atoms with Crippen LogP contribution < -0.4 is 15.0 Å². The fourth-order valence-corrected chi connectivity index (χ4v) is 4.69. The van der Waals surface area contributed by atoms with Gasteiger partial charge in [0, 0.05) is 43.9 Å². The number of carbonyl (C=O) groups is 2. The summed E-state index contributed by atoms with van der Waals surface area (Å²) in [5.74, 6) is 0.464. The van der Waals surface area contributed by atoms with Crippen molar-refractivity contribution in [3.05, 3.63) is 35.0 Å². The molecule has 1 aromatic carbocycles. The number of hydrogen-bond acceptors (Lipinski definition) is 5. The summed E-state index contributed by atoms with van der Waals surface area (Å²) in [5.41, 5.74) is 2.59. The van der Waals surface area contributed by atoms with Crippen LogP contribution >= 0.6 is 0 Å². The second-order valence-electron chi connectivity index (χ2n) is 8.71. The molecule has 2 aromatic rings. The average Bonchev–Trinajstić information content (AvgIpc) is 3.41. The van der Waals surface area contributed by atoms with E-state index in [-0.39, 0.29) is 29.2 Å². The molecule has 0 saturated heterocycles. The van der Waals surface area contributed by atoms with Crippen molar-refractivity contribution in [1.82, 2.24) is 14.7 Å². The van der Waals surface area contributed by atoms with Crippen LogP contribution in [0, 0.1) is 5.92 Å². The molecule has 10 heteroatoms. The highest BCUT2D eigenvalue weighted by molar-refractivity contribution is 6.02. The van der Waals surface area contributed by atoms with Gasteiger partial charge >= 0.3 is 6.61 Å². The molecule has 0 spiro atoms. The number of aromatic nitrogens is 2. The summed E-state index contributed by atoms with van der Waals surface area (Å²) in [5, 5.41) is 7.06. The molecule has 2 amide bonds. The van der Waals surface area contributed by atoms with Crippen molar-refractivity contribution < 1.29 is 23.1 Å². The van der Waals surface area contributed by atoms with E-state index in [2.05, 4.69) is 10.4 Å². The number of fused-ring (bicyclic) bond motifs is 2. The number of nitrogens with zero attached hydrogens (tertiary/aromatic N) is 4. The van der Waals surface area contributed by atoms with Crippen LogP contribution in [-0.4, -0.2) is 45.7 Å². The van der Waals surface area contributed by atoms with E-state index in [0.29, 0.717) is 43.5 Å². The lowest BCUT2D eigenvalue weighted by Crippen LogP contribution is -2.34. The van der Waals surface area contributed by atoms with E-state index < -0.39 is 6.61 Å². The lowest BCUT2D eigenvalue weighted by molar-refractivity contribution is -0.114. The van der Waals surface area contributed by atoms with Crippen molar-refractivity contribution in [3.63, 3.8) is 0 Å². The Morgan fingerprint density at radius 3 is 2.69 bits per heavy atom.